The Kier molecular flexibility index (Phi) is 9.69. The first kappa shape index (κ1) is 23.7. The fourth-order valence-electron chi connectivity index (χ4n) is 2.32. The number of aliphatic imine (C=N–C) groups is 1. The molecule has 2 aromatic rings. The smallest absolute Gasteiger partial charge is 0.387 e. The minimum Gasteiger partial charge on any atom is -0.454 e. The van der Waals surface area contributed by atoms with Gasteiger partial charge in [-0.1, -0.05) is 17.7 Å². The molecule has 0 atom stereocenters. The number of amides is 1. The predicted octanol–water partition coefficient (Wildman–Crippen LogP) is 3.16. The highest BCUT2D eigenvalue weighted by Crippen LogP contribution is 2.22. The van der Waals surface area contributed by atoms with E-state index in [1.807, 2.05) is 13.8 Å². The van der Waals surface area contributed by atoms with E-state index < -0.39 is 12.5 Å². The van der Waals surface area contributed by atoms with Crippen LogP contribution in [0.15, 0.2) is 39.7 Å². The largest absolute Gasteiger partial charge is 0.454 e. The summed E-state index contributed by atoms with van der Waals surface area (Å²) in [6, 6.07) is 8.06. The Bertz CT molecular complexity index is 812. The molecule has 10 heteroatoms. The molecule has 4 N–H and O–H groups in total. The van der Waals surface area contributed by atoms with Crippen LogP contribution in [-0.2, 0) is 13.1 Å². The normalized spacial score (nSPS) is 11.1. The van der Waals surface area contributed by atoms with Gasteiger partial charge in [-0.25, -0.2) is 4.99 Å². The Hall–Kier alpha value is -2.37. The van der Waals surface area contributed by atoms with Crippen molar-refractivity contribution in [3.8, 4) is 5.75 Å². The quantitative estimate of drug-likeness (QED) is 0.289. The molecular weight excluding hydrogens is 485 g/mol. The third kappa shape index (κ3) is 7.33. The van der Waals surface area contributed by atoms with Crippen molar-refractivity contribution in [3.63, 3.8) is 0 Å². The molecule has 1 aromatic carbocycles. The Morgan fingerprint density at radius 1 is 1.29 bits per heavy atom. The van der Waals surface area contributed by atoms with Gasteiger partial charge in [0.05, 0.1) is 13.1 Å². The molecule has 0 aliphatic carbocycles. The van der Waals surface area contributed by atoms with Crippen molar-refractivity contribution in [2.24, 2.45) is 10.7 Å². The average Bonchev–Trinajstić information content (AvgIpc) is 3.08. The summed E-state index contributed by atoms with van der Waals surface area (Å²) in [5, 5.41) is 6.08. The monoisotopic (exact) mass is 508 g/mol. The van der Waals surface area contributed by atoms with Crippen LogP contribution < -0.4 is 21.1 Å². The van der Waals surface area contributed by atoms with Crippen molar-refractivity contribution in [2.45, 2.75) is 33.5 Å². The third-order valence-corrected chi connectivity index (χ3v) is 3.52. The van der Waals surface area contributed by atoms with Gasteiger partial charge >= 0.3 is 6.61 Å². The summed E-state index contributed by atoms with van der Waals surface area (Å²) in [6.45, 7) is 1.87. The molecule has 0 saturated carbocycles. The highest BCUT2D eigenvalue weighted by molar-refractivity contribution is 14.0. The number of nitrogens with zero attached hydrogens (tertiary/aromatic N) is 1. The van der Waals surface area contributed by atoms with E-state index in [4.69, 9.17) is 10.2 Å². The summed E-state index contributed by atoms with van der Waals surface area (Å²) in [5.74, 6) is 0.480. The average molecular weight is 508 g/mol. The summed E-state index contributed by atoms with van der Waals surface area (Å²) in [6.07, 6.45) is 0. The molecule has 1 heterocycles. The SMILES string of the molecule is CCNC(=NCc1cc(C)ccc1OC(F)F)NCc1ccc(C(N)=O)o1.I. The summed E-state index contributed by atoms with van der Waals surface area (Å²) >= 11 is 0. The lowest BCUT2D eigenvalue weighted by atomic mass is 10.1. The third-order valence-electron chi connectivity index (χ3n) is 3.52. The highest BCUT2D eigenvalue weighted by atomic mass is 127. The van der Waals surface area contributed by atoms with Gasteiger partial charge in [0.1, 0.15) is 11.5 Å². The molecule has 1 aromatic heterocycles. The van der Waals surface area contributed by atoms with E-state index in [1.54, 1.807) is 18.2 Å². The maximum atomic E-state index is 12.6. The first-order valence-corrected chi connectivity index (χ1v) is 8.34. The number of hydrogen-bond donors (Lipinski definition) is 3. The fourth-order valence-corrected chi connectivity index (χ4v) is 2.32. The Balaban J connectivity index is 0.00000392. The summed E-state index contributed by atoms with van der Waals surface area (Å²) in [7, 11) is 0. The van der Waals surface area contributed by atoms with Crippen LogP contribution in [0.2, 0.25) is 0 Å². The molecule has 0 bridgehead atoms. The predicted molar refractivity (Wildman–Crippen MR) is 112 cm³/mol. The van der Waals surface area contributed by atoms with Crippen LogP contribution in [0.5, 0.6) is 5.75 Å². The van der Waals surface area contributed by atoms with E-state index in [-0.39, 0.29) is 48.6 Å². The summed E-state index contributed by atoms with van der Waals surface area (Å²) in [5.41, 5.74) is 6.60. The lowest BCUT2D eigenvalue weighted by Gasteiger charge is -2.13. The van der Waals surface area contributed by atoms with E-state index in [1.165, 1.54) is 12.1 Å². The minimum atomic E-state index is -2.90. The van der Waals surface area contributed by atoms with Gasteiger partial charge in [0.25, 0.3) is 5.91 Å². The summed E-state index contributed by atoms with van der Waals surface area (Å²) in [4.78, 5) is 15.4. The number of ether oxygens (including phenoxy) is 1. The van der Waals surface area contributed by atoms with E-state index in [2.05, 4.69) is 20.4 Å². The molecule has 0 fully saturated rings. The van der Waals surface area contributed by atoms with E-state index in [0.717, 1.165) is 5.56 Å². The maximum Gasteiger partial charge on any atom is 0.387 e. The molecule has 0 radical (unpaired) electrons. The number of nitrogens with two attached hydrogens (primary N) is 1. The van der Waals surface area contributed by atoms with Gasteiger partial charge in [0, 0.05) is 12.1 Å². The van der Waals surface area contributed by atoms with Crippen molar-refractivity contribution >= 4 is 35.8 Å². The topological polar surface area (TPSA) is 102 Å². The molecular formula is C18H23F2IN4O3. The lowest BCUT2D eigenvalue weighted by Crippen LogP contribution is -2.36. The van der Waals surface area contributed by atoms with Crippen molar-refractivity contribution in [1.29, 1.82) is 0 Å². The van der Waals surface area contributed by atoms with Gasteiger partial charge < -0.3 is 25.5 Å². The van der Waals surface area contributed by atoms with Crippen molar-refractivity contribution in [2.75, 3.05) is 6.54 Å². The van der Waals surface area contributed by atoms with E-state index >= 15 is 0 Å². The second-order valence-corrected chi connectivity index (χ2v) is 5.67. The number of furan rings is 1. The van der Waals surface area contributed by atoms with Crippen LogP contribution in [0.4, 0.5) is 8.78 Å². The first-order valence-electron chi connectivity index (χ1n) is 8.34. The number of nitrogens with one attached hydrogen (secondary N) is 2. The van der Waals surface area contributed by atoms with Gasteiger partial charge in [-0.3, -0.25) is 4.79 Å². The van der Waals surface area contributed by atoms with Crippen LogP contribution in [-0.4, -0.2) is 25.0 Å². The molecule has 2 rings (SSSR count). The van der Waals surface area contributed by atoms with Gasteiger partial charge in [0.15, 0.2) is 11.7 Å². The molecule has 7 nitrogen and oxygen atoms in total. The second kappa shape index (κ2) is 11.5. The van der Waals surface area contributed by atoms with Crippen LogP contribution in [0.1, 0.15) is 34.4 Å². The number of aryl methyl sites for hydroxylation is 1. The van der Waals surface area contributed by atoms with Crippen LogP contribution in [0.25, 0.3) is 0 Å². The van der Waals surface area contributed by atoms with Gasteiger partial charge in [-0.05, 0) is 32.0 Å². The number of rotatable bonds is 8. The molecule has 0 unspecified atom stereocenters. The molecule has 1 amide bonds. The molecule has 0 aliphatic rings. The number of primary amides is 1. The lowest BCUT2D eigenvalue weighted by molar-refractivity contribution is -0.0504. The number of carbonyl (C=O) groups is 1. The molecule has 0 aliphatic heterocycles. The highest BCUT2D eigenvalue weighted by Gasteiger charge is 2.11. The van der Waals surface area contributed by atoms with Crippen molar-refractivity contribution in [3.05, 3.63) is 53.0 Å². The van der Waals surface area contributed by atoms with Gasteiger partial charge in [-0.15, -0.1) is 24.0 Å². The fraction of sp³-hybridized carbons (Fsp3) is 0.333. The number of carbonyl (C=O) groups excluding carboxylic acids is 1. The number of guanidine groups is 1. The minimum absolute atomic E-state index is 0. The number of benzene rings is 1. The molecule has 0 spiro atoms. The molecule has 0 saturated heterocycles. The Morgan fingerprint density at radius 3 is 2.64 bits per heavy atom. The Morgan fingerprint density at radius 2 is 2.04 bits per heavy atom. The zero-order valence-electron chi connectivity index (χ0n) is 15.5. The zero-order valence-corrected chi connectivity index (χ0v) is 17.8. The zero-order chi connectivity index (χ0) is 19.8. The molecule has 28 heavy (non-hydrogen) atoms. The summed E-state index contributed by atoms with van der Waals surface area (Å²) < 4.78 is 35.0. The second-order valence-electron chi connectivity index (χ2n) is 5.67. The Labute approximate surface area is 178 Å². The van der Waals surface area contributed by atoms with Crippen molar-refractivity contribution < 1.29 is 22.7 Å². The first-order chi connectivity index (χ1) is 12.9. The van der Waals surface area contributed by atoms with E-state index in [9.17, 15) is 13.6 Å². The van der Waals surface area contributed by atoms with Gasteiger partial charge in [-0.2, -0.15) is 8.78 Å². The number of halogens is 3. The van der Waals surface area contributed by atoms with E-state index in [0.29, 0.717) is 23.8 Å². The number of alkyl halides is 2. The van der Waals surface area contributed by atoms with Crippen molar-refractivity contribution in [1.82, 2.24) is 10.6 Å². The maximum absolute atomic E-state index is 12.6. The molecule has 154 valence electrons. The van der Waals surface area contributed by atoms with Gasteiger partial charge in [0.2, 0.25) is 0 Å². The van der Waals surface area contributed by atoms with Crippen LogP contribution >= 0.6 is 24.0 Å². The standard InChI is InChI=1S/C18H22F2N4O3.HI/c1-3-22-18(24-10-13-5-7-15(26-13)16(21)25)23-9-12-8-11(2)4-6-14(12)27-17(19)20;/h4-8,17H,3,9-10H2,1-2H3,(H2,21,25)(H2,22,23,24);1H. The number of hydrogen-bond acceptors (Lipinski definition) is 4. The van der Waals surface area contributed by atoms with Crippen LogP contribution in [0, 0.1) is 6.92 Å². The van der Waals surface area contributed by atoms with Crippen LogP contribution in [0.3, 0.4) is 0 Å².